The number of H-pyrrole nitrogens is 1. The third-order valence-electron chi connectivity index (χ3n) is 4.11. The SMILES string of the molecule is CC1/C=C/CC(N)c2cc(cc(=O)[nH]2)-c2ccc(N)cc2NC1=O. The van der Waals surface area contributed by atoms with Crippen molar-refractivity contribution in [3.8, 4) is 11.1 Å². The minimum absolute atomic E-state index is 0.141. The summed E-state index contributed by atoms with van der Waals surface area (Å²) in [5.74, 6) is -0.444. The molecule has 6 N–H and O–H groups in total. The van der Waals surface area contributed by atoms with Crippen LogP contribution in [0.15, 0.2) is 47.3 Å². The minimum Gasteiger partial charge on any atom is -0.399 e. The maximum absolute atomic E-state index is 12.4. The molecule has 0 saturated carbocycles. The maximum Gasteiger partial charge on any atom is 0.248 e. The van der Waals surface area contributed by atoms with Gasteiger partial charge in [0.05, 0.1) is 11.6 Å². The third kappa shape index (κ3) is 3.23. The second-order valence-corrected chi connectivity index (χ2v) is 6.04. The number of hydrogen-bond donors (Lipinski definition) is 4. The van der Waals surface area contributed by atoms with E-state index in [-0.39, 0.29) is 23.4 Å². The zero-order valence-corrected chi connectivity index (χ0v) is 13.4. The molecule has 24 heavy (non-hydrogen) atoms. The van der Waals surface area contributed by atoms with E-state index in [4.69, 9.17) is 11.5 Å². The Morgan fingerprint density at radius 2 is 1.96 bits per heavy atom. The van der Waals surface area contributed by atoms with Gasteiger partial charge in [0, 0.05) is 29.1 Å². The van der Waals surface area contributed by atoms with Gasteiger partial charge in [-0.1, -0.05) is 25.1 Å². The highest BCUT2D eigenvalue weighted by Gasteiger charge is 2.16. The van der Waals surface area contributed by atoms with Crippen molar-refractivity contribution >= 4 is 17.3 Å². The zero-order valence-electron chi connectivity index (χ0n) is 13.4. The number of benzene rings is 1. The highest BCUT2D eigenvalue weighted by molar-refractivity contribution is 5.98. The van der Waals surface area contributed by atoms with E-state index in [9.17, 15) is 9.59 Å². The van der Waals surface area contributed by atoms with Crippen molar-refractivity contribution in [1.82, 2.24) is 4.98 Å². The lowest BCUT2D eigenvalue weighted by Gasteiger charge is -2.17. The Hall–Kier alpha value is -2.86. The lowest BCUT2D eigenvalue weighted by Crippen LogP contribution is -2.21. The summed E-state index contributed by atoms with van der Waals surface area (Å²) < 4.78 is 0. The number of hydrogen-bond acceptors (Lipinski definition) is 4. The van der Waals surface area contributed by atoms with E-state index in [1.807, 2.05) is 25.1 Å². The second kappa shape index (κ2) is 6.33. The lowest BCUT2D eigenvalue weighted by molar-refractivity contribution is -0.118. The first-order chi connectivity index (χ1) is 11.4. The van der Waals surface area contributed by atoms with Crippen LogP contribution < -0.4 is 22.3 Å². The van der Waals surface area contributed by atoms with E-state index >= 15 is 0 Å². The molecule has 1 aromatic carbocycles. The van der Waals surface area contributed by atoms with Gasteiger partial charge in [0.25, 0.3) is 0 Å². The summed E-state index contributed by atoms with van der Waals surface area (Å²) in [6.07, 6.45) is 4.21. The predicted octanol–water partition coefficient (Wildman–Crippen LogP) is 2.16. The average molecular weight is 324 g/mol. The molecule has 1 aliphatic heterocycles. The molecule has 0 saturated heterocycles. The first kappa shape index (κ1) is 16.0. The van der Waals surface area contributed by atoms with Crippen molar-refractivity contribution in [2.45, 2.75) is 19.4 Å². The summed E-state index contributed by atoms with van der Waals surface area (Å²) in [5.41, 5.74) is 15.0. The number of aromatic amines is 1. The highest BCUT2D eigenvalue weighted by atomic mass is 16.1. The van der Waals surface area contributed by atoms with Crippen LogP contribution in [0.1, 0.15) is 25.1 Å². The van der Waals surface area contributed by atoms with Crippen molar-refractivity contribution < 1.29 is 4.79 Å². The number of aromatic nitrogens is 1. The van der Waals surface area contributed by atoms with E-state index in [0.717, 1.165) is 5.56 Å². The van der Waals surface area contributed by atoms with Crippen molar-refractivity contribution in [1.29, 1.82) is 0 Å². The average Bonchev–Trinajstić information content (AvgIpc) is 2.53. The van der Waals surface area contributed by atoms with Gasteiger partial charge in [0.1, 0.15) is 0 Å². The standard InChI is InChI=1S/C18H20N4O2/c1-10-3-2-4-14(20)16-7-11(8-17(23)21-16)13-6-5-12(19)9-15(13)22-18(10)24/h2-3,5-10,14H,4,19-20H2,1H3,(H,21,23)(H,22,24)/b3-2+. The first-order valence-corrected chi connectivity index (χ1v) is 7.81. The number of anilines is 2. The number of nitrogens with one attached hydrogen (secondary N) is 2. The third-order valence-corrected chi connectivity index (χ3v) is 4.11. The molecule has 1 aromatic heterocycles. The molecule has 0 radical (unpaired) electrons. The maximum atomic E-state index is 12.4. The molecule has 3 rings (SSSR count). The van der Waals surface area contributed by atoms with E-state index in [0.29, 0.717) is 29.1 Å². The van der Waals surface area contributed by atoms with E-state index in [1.54, 1.807) is 18.2 Å². The summed E-state index contributed by atoms with van der Waals surface area (Å²) in [6.45, 7) is 1.82. The molecule has 1 aliphatic rings. The number of nitrogens with two attached hydrogens (primary N) is 2. The molecule has 124 valence electrons. The van der Waals surface area contributed by atoms with Crippen molar-refractivity contribution in [2.24, 2.45) is 11.7 Å². The molecule has 2 bridgehead atoms. The van der Waals surface area contributed by atoms with Crippen LogP contribution in [0, 0.1) is 5.92 Å². The molecule has 2 atom stereocenters. The number of pyridine rings is 1. The van der Waals surface area contributed by atoms with Gasteiger partial charge < -0.3 is 21.8 Å². The van der Waals surface area contributed by atoms with Gasteiger partial charge in [-0.05, 0) is 30.2 Å². The van der Waals surface area contributed by atoms with Gasteiger partial charge in [0.15, 0.2) is 0 Å². The van der Waals surface area contributed by atoms with Crippen LogP contribution in [0.5, 0.6) is 0 Å². The van der Waals surface area contributed by atoms with Crippen molar-refractivity contribution in [2.75, 3.05) is 11.1 Å². The van der Waals surface area contributed by atoms with Crippen LogP contribution in [-0.2, 0) is 4.79 Å². The molecule has 6 nitrogen and oxygen atoms in total. The summed E-state index contributed by atoms with van der Waals surface area (Å²) in [6, 6.07) is 8.20. The number of carbonyl (C=O) groups is 1. The van der Waals surface area contributed by atoms with Gasteiger partial charge in [-0.25, -0.2) is 0 Å². The van der Waals surface area contributed by atoms with Crippen LogP contribution >= 0.6 is 0 Å². The molecule has 1 amide bonds. The molecule has 0 fully saturated rings. The van der Waals surface area contributed by atoms with Crippen LogP contribution in [0.25, 0.3) is 11.1 Å². The van der Waals surface area contributed by atoms with Crippen LogP contribution in [0.2, 0.25) is 0 Å². The van der Waals surface area contributed by atoms with Gasteiger partial charge in [-0.3, -0.25) is 9.59 Å². The van der Waals surface area contributed by atoms with Gasteiger partial charge in [-0.2, -0.15) is 0 Å². The Morgan fingerprint density at radius 3 is 2.75 bits per heavy atom. The summed E-state index contributed by atoms with van der Waals surface area (Å²) in [5, 5.41) is 2.89. The number of carbonyl (C=O) groups excluding carboxylic acids is 1. The Kier molecular flexibility index (Phi) is 4.22. The number of rotatable bonds is 0. The smallest absolute Gasteiger partial charge is 0.248 e. The van der Waals surface area contributed by atoms with Gasteiger partial charge in [0.2, 0.25) is 11.5 Å². The zero-order chi connectivity index (χ0) is 17.3. The molecule has 2 aromatic rings. The Balaban J connectivity index is 2.22. The topological polar surface area (TPSA) is 114 Å². The summed E-state index contributed by atoms with van der Waals surface area (Å²) in [4.78, 5) is 27.2. The summed E-state index contributed by atoms with van der Waals surface area (Å²) in [7, 11) is 0. The molecule has 6 heteroatoms. The molecule has 2 heterocycles. The summed E-state index contributed by atoms with van der Waals surface area (Å²) >= 11 is 0. The molecule has 0 spiro atoms. The normalized spacial score (nSPS) is 21.8. The van der Waals surface area contributed by atoms with Crippen LogP contribution in [0.3, 0.4) is 0 Å². The molecular formula is C18H20N4O2. The monoisotopic (exact) mass is 324 g/mol. The van der Waals surface area contributed by atoms with Crippen LogP contribution in [0.4, 0.5) is 11.4 Å². The minimum atomic E-state index is -0.346. The van der Waals surface area contributed by atoms with Crippen LogP contribution in [-0.4, -0.2) is 10.9 Å². The van der Waals surface area contributed by atoms with Crippen molar-refractivity contribution in [3.63, 3.8) is 0 Å². The van der Waals surface area contributed by atoms with E-state index in [1.165, 1.54) is 6.07 Å². The quantitative estimate of drug-likeness (QED) is 0.439. The molecule has 0 aliphatic carbocycles. The lowest BCUT2D eigenvalue weighted by atomic mass is 9.99. The first-order valence-electron chi connectivity index (χ1n) is 7.81. The number of amides is 1. The second-order valence-electron chi connectivity index (χ2n) is 6.04. The highest BCUT2D eigenvalue weighted by Crippen LogP contribution is 2.31. The largest absolute Gasteiger partial charge is 0.399 e. The fourth-order valence-electron chi connectivity index (χ4n) is 2.73. The Morgan fingerprint density at radius 1 is 1.17 bits per heavy atom. The van der Waals surface area contributed by atoms with Gasteiger partial charge in [-0.15, -0.1) is 0 Å². The molecular weight excluding hydrogens is 304 g/mol. The molecule has 2 unspecified atom stereocenters. The fraction of sp³-hybridized carbons (Fsp3) is 0.222. The Bertz CT molecular complexity index is 870. The van der Waals surface area contributed by atoms with E-state index in [2.05, 4.69) is 10.3 Å². The predicted molar refractivity (Wildman–Crippen MR) is 95.4 cm³/mol. The van der Waals surface area contributed by atoms with E-state index < -0.39 is 0 Å². The fourth-order valence-corrected chi connectivity index (χ4v) is 2.73. The number of nitrogen functional groups attached to an aromatic ring is 1. The number of fused-ring (bicyclic) bond motifs is 4. The van der Waals surface area contributed by atoms with Gasteiger partial charge >= 0.3 is 0 Å². The Labute approximate surface area is 139 Å². The van der Waals surface area contributed by atoms with Crippen molar-refractivity contribution in [3.05, 3.63) is 58.5 Å².